The minimum atomic E-state index is -0.176. The second-order valence-electron chi connectivity index (χ2n) is 11.8. The molecule has 0 spiro atoms. The second kappa shape index (κ2) is 13.8. The summed E-state index contributed by atoms with van der Waals surface area (Å²) in [5, 5.41) is 3.58. The SMILES string of the molecule is C=CCOc1c(Br)cc(/C=C2\SC(=Nc3cc4c5c(c3)[C@H](c3ccccc3)CCN5CC[C@H]4c3ccccc3)NC2=O)cc1OCC. The van der Waals surface area contributed by atoms with Crippen molar-refractivity contribution in [2.45, 2.75) is 31.6 Å². The zero-order valence-electron chi connectivity index (χ0n) is 26.2. The lowest BCUT2D eigenvalue weighted by Crippen LogP contribution is -2.37. The van der Waals surface area contributed by atoms with Gasteiger partial charge in [-0.25, -0.2) is 4.99 Å². The van der Waals surface area contributed by atoms with Gasteiger partial charge in [-0.05, 0) is 106 Å². The molecule has 3 heterocycles. The number of amidine groups is 1. The molecule has 1 saturated heterocycles. The summed E-state index contributed by atoms with van der Waals surface area (Å²) in [6.45, 7) is 8.58. The van der Waals surface area contributed by atoms with Crippen LogP contribution < -0.4 is 19.7 Å². The van der Waals surface area contributed by atoms with Crippen molar-refractivity contribution in [1.29, 1.82) is 0 Å². The van der Waals surface area contributed by atoms with E-state index in [0.717, 1.165) is 41.7 Å². The first-order chi connectivity index (χ1) is 23.0. The first-order valence-corrected chi connectivity index (χ1v) is 17.7. The number of anilines is 1. The third-order valence-electron chi connectivity index (χ3n) is 8.86. The molecule has 0 unspecified atom stereocenters. The van der Waals surface area contributed by atoms with Gasteiger partial charge in [0, 0.05) is 30.6 Å². The molecule has 238 valence electrons. The fourth-order valence-corrected chi connectivity index (χ4v) is 8.29. The number of halogens is 1. The Morgan fingerprint density at radius 2 is 1.60 bits per heavy atom. The molecule has 7 rings (SSSR count). The molecule has 2 atom stereocenters. The van der Waals surface area contributed by atoms with E-state index in [1.54, 1.807) is 6.08 Å². The molecule has 0 aliphatic carbocycles. The van der Waals surface area contributed by atoms with Crippen molar-refractivity contribution < 1.29 is 14.3 Å². The average molecular weight is 707 g/mol. The molecule has 4 aromatic carbocycles. The standard InChI is InChI=1S/C39H36BrN3O3S/c1-3-19-46-37-33(40)20-25(21-34(37)45-4-2)22-35-38(44)42-39(47-35)41-28-23-31-29(26-11-7-5-8-12-26)15-17-43-18-16-30(32(24-28)36(31)43)27-13-9-6-10-14-27/h3,5-14,20-24,29-30H,1,4,15-19H2,2H3,(H,41,42,44)/b35-22-/t29-,30-/m0/s1. The number of aliphatic imine (C=N–C) groups is 1. The Bertz CT molecular complexity index is 1800. The van der Waals surface area contributed by atoms with E-state index in [4.69, 9.17) is 14.5 Å². The third-order valence-corrected chi connectivity index (χ3v) is 10.4. The molecule has 0 aromatic heterocycles. The van der Waals surface area contributed by atoms with Crippen LogP contribution in [-0.2, 0) is 4.79 Å². The smallest absolute Gasteiger partial charge is 0.264 e. The van der Waals surface area contributed by atoms with E-state index in [0.29, 0.717) is 34.8 Å². The number of benzene rings is 4. The molecule has 0 bridgehead atoms. The Morgan fingerprint density at radius 1 is 0.957 bits per heavy atom. The third kappa shape index (κ3) is 6.49. The zero-order valence-corrected chi connectivity index (χ0v) is 28.6. The number of thioether (sulfide) groups is 1. The number of ether oxygens (including phenoxy) is 2. The maximum atomic E-state index is 13.2. The fraction of sp³-hybridized carbons (Fsp3) is 0.231. The summed E-state index contributed by atoms with van der Waals surface area (Å²) in [7, 11) is 0. The maximum absolute atomic E-state index is 13.2. The molecule has 1 fully saturated rings. The lowest BCUT2D eigenvalue weighted by Gasteiger charge is -2.43. The number of carbonyl (C=O) groups excluding carboxylic acids is 1. The second-order valence-corrected chi connectivity index (χ2v) is 13.7. The van der Waals surface area contributed by atoms with Crippen molar-refractivity contribution in [3.8, 4) is 11.5 Å². The topological polar surface area (TPSA) is 63.2 Å². The quantitative estimate of drug-likeness (QED) is 0.139. The van der Waals surface area contributed by atoms with Gasteiger partial charge in [0.05, 0.1) is 21.7 Å². The van der Waals surface area contributed by atoms with E-state index in [1.165, 1.54) is 39.7 Å². The van der Waals surface area contributed by atoms with Gasteiger partial charge < -0.3 is 19.7 Å². The highest BCUT2D eigenvalue weighted by atomic mass is 79.9. The van der Waals surface area contributed by atoms with Gasteiger partial charge in [0.1, 0.15) is 6.61 Å². The Hall–Kier alpha value is -4.27. The van der Waals surface area contributed by atoms with Crippen LogP contribution in [0.25, 0.3) is 6.08 Å². The van der Waals surface area contributed by atoms with E-state index in [2.05, 4.69) is 106 Å². The summed E-state index contributed by atoms with van der Waals surface area (Å²) in [6, 6.07) is 29.9. The molecular weight excluding hydrogens is 670 g/mol. The largest absolute Gasteiger partial charge is 0.490 e. The van der Waals surface area contributed by atoms with Crippen LogP contribution in [0, 0.1) is 0 Å². The van der Waals surface area contributed by atoms with Gasteiger partial charge >= 0.3 is 0 Å². The highest BCUT2D eigenvalue weighted by Gasteiger charge is 2.35. The van der Waals surface area contributed by atoms with Crippen LogP contribution in [0.3, 0.4) is 0 Å². The summed E-state index contributed by atoms with van der Waals surface area (Å²) < 4.78 is 12.4. The van der Waals surface area contributed by atoms with Crippen molar-refractivity contribution >= 4 is 56.2 Å². The lowest BCUT2D eigenvalue weighted by atomic mass is 9.76. The van der Waals surface area contributed by atoms with Gasteiger partial charge in [0.2, 0.25) is 0 Å². The zero-order chi connectivity index (χ0) is 32.3. The molecule has 3 aliphatic rings. The number of carbonyl (C=O) groups is 1. The molecule has 4 aromatic rings. The number of nitrogens with one attached hydrogen (secondary N) is 1. The van der Waals surface area contributed by atoms with Gasteiger partial charge in [0.25, 0.3) is 5.91 Å². The molecule has 47 heavy (non-hydrogen) atoms. The van der Waals surface area contributed by atoms with Crippen LogP contribution in [0.1, 0.15) is 59.4 Å². The number of nitrogens with zero attached hydrogens (tertiary/aromatic N) is 2. The predicted octanol–water partition coefficient (Wildman–Crippen LogP) is 9.18. The normalized spacial score (nSPS) is 20.2. The van der Waals surface area contributed by atoms with E-state index in [-0.39, 0.29) is 17.7 Å². The van der Waals surface area contributed by atoms with Crippen molar-refractivity contribution in [1.82, 2.24) is 5.32 Å². The Labute approximate surface area is 288 Å². The molecule has 1 N–H and O–H groups in total. The monoisotopic (exact) mass is 705 g/mol. The Morgan fingerprint density at radius 3 is 2.19 bits per heavy atom. The van der Waals surface area contributed by atoms with Crippen molar-refractivity contribution in [2.24, 2.45) is 4.99 Å². The minimum absolute atomic E-state index is 0.176. The summed E-state index contributed by atoms with van der Waals surface area (Å²) >= 11 is 4.96. The molecule has 1 amide bonds. The van der Waals surface area contributed by atoms with Gasteiger partial charge in [-0.15, -0.1) is 0 Å². The molecular formula is C39H36BrN3O3S. The Balaban J connectivity index is 1.26. The summed E-state index contributed by atoms with van der Waals surface area (Å²) in [6.07, 6.45) is 5.66. The van der Waals surface area contributed by atoms with Crippen molar-refractivity contribution in [2.75, 3.05) is 31.2 Å². The summed E-state index contributed by atoms with van der Waals surface area (Å²) in [5.74, 6) is 1.61. The maximum Gasteiger partial charge on any atom is 0.264 e. The number of hydrogen-bond acceptors (Lipinski definition) is 6. The van der Waals surface area contributed by atoms with Crippen LogP contribution in [-0.4, -0.2) is 37.4 Å². The predicted molar refractivity (Wildman–Crippen MR) is 196 cm³/mol. The van der Waals surface area contributed by atoms with E-state index in [1.807, 2.05) is 25.1 Å². The average Bonchev–Trinajstić information content (AvgIpc) is 3.43. The molecule has 0 saturated carbocycles. The summed E-state index contributed by atoms with van der Waals surface area (Å²) in [5.41, 5.74) is 8.32. The highest BCUT2D eigenvalue weighted by molar-refractivity contribution is 9.10. The molecule has 6 nitrogen and oxygen atoms in total. The van der Waals surface area contributed by atoms with Crippen molar-refractivity contribution in [3.05, 3.63) is 135 Å². The van der Waals surface area contributed by atoms with Gasteiger partial charge in [0.15, 0.2) is 16.7 Å². The molecule has 8 heteroatoms. The molecule has 0 radical (unpaired) electrons. The van der Waals surface area contributed by atoms with Crippen LogP contribution in [0.4, 0.5) is 11.4 Å². The fourth-order valence-electron chi connectivity index (χ4n) is 6.87. The van der Waals surface area contributed by atoms with Crippen LogP contribution in [0.5, 0.6) is 11.5 Å². The number of amides is 1. The summed E-state index contributed by atoms with van der Waals surface area (Å²) in [4.78, 5) is 21.4. The van der Waals surface area contributed by atoms with Crippen LogP contribution in [0.15, 0.2) is 112 Å². The number of hydrogen-bond donors (Lipinski definition) is 1. The van der Waals surface area contributed by atoms with Gasteiger partial charge in [-0.2, -0.15) is 0 Å². The van der Waals surface area contributed by atoms with Crippen LogP contribution >= 0.6 is 27.7 Å². The van der Waals surface area contributed by atoms with E-state index in [9.17, 15) is 4.79 Å². The highest BCUT2D eigenvalue weighted by Crippen LogP contribution is 2.50. The minimum Gasteiger partial charge on any atom is -0.490 e. The molecule has 3 aliphatic heterocycles. The van der Waals surface area contributed by atoms with Gasteiger partial charge in [-0.1, -0.05) is 73.3 Å². The van der Waals surface area contributed by atoms with E-state index < -0.39 is 0 Å². The van der Waals surface area contributed by atoms with E-state index >= 15 is 0 Å². The van der Waals surface area contributed by atoms with Crippen molar-refractivity contribution in [3.63, 3.8) is 0 Å². The number of rotatable bonds is 9. The first kappa shape index (κ1) is 31.3. The lowest BCUT2D eigenvalue weighted by molar-refractivity contribution is -0.115. The first-order valence-electron chi connectivity index (χ1n) is 16.0. The Kier molecular flexibility index (Phi) is 9.23. The van der Waals surface area contributed by atoms with Gasteiger partial charge in [-0.3, -0.25) is 4.79 Å². The van der Waals surface area contributed by atoms with Crippen LogP contribution in [0.2, 0.25) is 0 Å².